The van der Waals surface area contributed by atoms with Gasteiger partial charge < -0.3 is 4.74 Å². The predicted octanol–water partition coefficient (Wildman–Crippen LogP) is 7.04. The lowest BCUT2D eigenvalue weighted by Gasteiger charge is -2.26. The van der Waals surface area contributed by atoms with E-state index in [0.717, 1.165) is 16.7 Å². The first-order valence-electron chi connectivity index (χ1n) is 10.1. The number of allylic oxidation sites excluding steroid dienone is 2. The smallest absolute Gasteiger partial charge is 0.229 e. The third-order valence-corrected chi connectivity index (χ3v) is 5.75. The Balaban J connectivity index is 1.85. The van der Waals surface area contributed by atoms with Crippen LogP contribution in [-0.4, -0.2) is 11.6 Å². The minimum Gasteiger partial charge on any atom is -0.451 e. The number of ketones is 2. The molecule has 0 saturated carbocycles. The summed E-state index contributed by atoms with van der Waals surface area (Å²) in [6, 6.07) is 20.6. The second-order valence-electron chi connectivity index (χ2n) is 8.71. The molecule has 0 bridgehead atoms. The molecular weight excluding hydrogens is 408 g/mol. The Labute approximate surface area is 187 Å². The Hall–Kier alpha value is -3.17. The molecule has 0 atom stereocenters. The molecule has 0 unspecified atom stereocenters. The number of rotatable bonds is 3. The fourth-order valence-corrected chi connectivity index (χ4v) is 4.01. The van der Waals surface area contributed by atoms with Gasteiger partial charge in [-0.3, -0.25) is 9.59 Å². The van der Waals surface area contributed by atoms with E-state index in [1.807, 2.05) is 42.5 Å². The molecule has 3 aromatic rings. The van der Waals surface area contributed by atoms with Crippen molar-refractivity contribution in [3.8, 4) is 16.9 Å². The third-order valence-electron chi connectivity index (χ3n) is 5.47. The summed E-state index contributed by atoms with van der Waals surface area (Å²) in [5, 5.41) is 0.394. The number of fused-ring (bicyclic) bond motifs is 1. The number of carbonyl (C=O) groups is 2. The van der Waals surface area contributed by atoms with Crippen LogP contribution in [0.2, 0.25) is 5.02 Å². The summed E-state index contributed by atoms with van der Waals surface area (Å²) in [6.45, 7) is 7.80. The number of Topliss-reactive ketones (excluding diaryl/α,β-unsaturated/α-hetero) is 2. The number of hydrogen-bond acceptors (Lipinski definition) is 3. The maximum atomic E-state index is 13.2. The summed E-state index contributed by atoms with van der Waals surface area (Å²) in [5.41, 5.74) is 3.59. The van der Waals surface area contributed by atoms with Gasteiger partial charge in [0, 0.05) is 22.3 Å². The number of halogens is 1. The molecule has 0 aliphatic heterocycles. The molecule has 156 valence electrons. The van der Waals surface area contributed by atoms with Gasteiger partial charge in [0.05, 0.1) is 5.02 Å². The molecule has 0 radical (unpaired) electrons. The highest BCUT2D eigenvalue weighted by Gasteiger charge is 2.33. The fraction of sp³-hybridized carbons (Fsp3) is 0.185. The minimum atomic E-state index is -0.309. The van der Waals surface area contributed by atoms with Gasteiger partial charge in [0.2, 0.25) is 5.78 Å². The van der Waals surface area contributed by atoms with E-state index in [1.54, 1.807) is 31.2 Å². The summed E-state index contributed by atoms with van der Waals surface area (Å²) in [6.07, 6.45) is 0. The molecule has 0 heterocycles. The van der Waals surface area contributed by atoms with Crippen LogP contribution in [0.15, 0.2) is 78.1 Å². The van der Waals surface area contributed by atoms with Crippen molar-refractivity contribution in [1.82, 2.24) is 0 Å². The molecule has 4 rings (SSSR count). The standard InChI is InChI=1S/C27H23ClO3/c1-16-23(29)19-12-8-9-13-20(19)24(30)25(16)31-26-21(27(2,3)4)14-18(15-22(26)28)17-10-6-5-7-11-17/h5-15H,1-4H3. The molecule has 0 amide bonds. The first-order valence-corrected chi connectivity index (χ1v) is 10.5. The van der Waals surface area contributed by atoms with Crippen LogP contribution in [0, 0.1) is 0 Å². The van der Waals surface area contributed by atoms with Crippen LogP contribution >= 0.6 is 11.6 Å². The highest BCUT2D eigenvalue weighted by Crippen LogP contribution is 2.42. The van der Waals surface area contributed by atoms with Gasteiger partial charge in [-0.1, -0.05) is 87.0 Å². The van der Waals surface area contributed by atoms with Crippen LogP contribution in [0.5, 0.6) is 5.75 Å². The summed E-state index contributed by atoms with van der Waals surface area (Å²) >= 11 is 6.70. The number of ether oxygens (including phenoxy) is 1. The predicted molar refractivity (Wildman–Crippen MR) is 124 cm³/mol. The molecule has 1 aliphatic carbocycles. The van der Waals surface area contributed by atoms with E-state index in [9.17, 15) is 9.59 Å². The quantitative estimate of drug-likeness (QED) is 0.447. The molecule has 0 fully saturated rings. The van der Waals surface area contributed by atoms with Gasteiger partial charge in [-0.15, -0.1) is 0 Å². The Morgan fingerprint density at radius 2 is 1.35 bits per heavy atom. The highest BCUT2D eigenvalue weighted by atomic mass is 35.5. The minimum absolute atomic E-state index is 0.0311. The van der Waals surface area contributed by atoms with E-state index in [-0.39, 0.29) is 28.3 Å². The van der Waals surface area contributed by atoms with Crippen LogP contribution in [0.1, 0.15) is 54.0 Å². The van der Waals surface area contributed by atoms with Crippen molar-refractivity contribution in [1.29, 1.82) is 0 Å². The number of benzene rings is 3. The normalized spacial score (nSPS) is 14.0. The Bertz CT molecular complexity index is 1230. The maximum absolute atomic E-state index is 13.2. The summed E-state index contributed by atoms with van der Waals surface area (Å²) in [7, 11) is 0. The molecule has 1 aliphatic rings. The first-order chi connectivity index (χ1) is 14.7. The zero-order valence-electron chi connectivity index (χ0n) is 18.0. The van der Waals surface area contributed by atoms with Crippen molar-refractivity contribution in [2.45, 2.75) is 33.1 Å². The monoisotopic (exact) mass is 430 g/mol. The lowest BCUT2D eigenvalue weighted by molar-refractivity contribution is 0.0936. The summed E-state index contributed by atoms with van der Waals surface area (Å²) in [5.74, 6) is -0.0809. The zero-order chi connectivity index (χ0) is 22.3. The van der Waals surface area contributed by atoms with E-state index in [2.05, 4.69) is 20.8 Å². The average Bonchev–Trinajstić information content (AvgIpc) is 2.75. The number of hydrogen-bond donors (Lipinski definition) is 0. The van der Waals surface area contributed by atoms with Gasteiger partial charge in [-0.05, 0) is 35.6 Å². The van der Waals surface area contributed by atoms with Crippen LogP contribution in [-0.2, 0) is 5.41 Å². The first kappa shape index (κ1) is 21.1. The van der Waals surface area contributed by atoms with Crippen LogP contribution < -0.4 is 4.74 Å². The molecule has 0 aromatic heterocycles. The largest absolute Gasteiger partial charge is 0.451 e. The van der Waals surface area contributed by atoms with Gasteiger partial charge in [0.15, 0.2) is 11.5 Å². The zero-order valence-corrected chi connectivity index (χ0v) is 18.7. The van der Waals surface area contributed by atoms with Gasteiger partial charge in [0.1, 0.15) is 5.75 Å². The van der Waals surface area contributed by atoms with Gasteiger partial charge >= 0.3 is 0 Å². The van der Waals surface area contributed by atoms with E-state index in [0.29, 0.717) is 21.9 Å². The average molecular weight is 431 g/mol. The second kappa shape index (κ2) is 7.82. The molecular formula is C27H23ClO3. The van der Waals surface area contributed by atoms with E-state index >= 15 is 0 Å². The molecule has 3 nitrogen and oxygen atoms in total. The Morgan fingerprint density at radius 1 is 0.774 bits per heavy atom. The molecule has 31 heavy (non-hydrogen) atoms. The summed E-state index contributed by atoms with van der Waals surface area (Å²) < 4.78 is 6.16. The van der Waals surface area contributed by atoms with Crippen molar-refractivity contribution >= 4 is 23.2 Å². The van der Waals surface area contributed by atoms with Gasteiger partial charge in [-0.2, -0.15) is 0 Å². The van der Waals surface area contributed by atoms with Gasteiger partial charge in [0.25, 0.3) is 0 Å². The molecule has 0 spiro atoms. The maximum Gasteiger partial charge on any atom is 0.229 e. The van der Waals surface area contributed by atoms with E-state index in [4.69, 9.17) is 16.3 Å². The van der Waals surface area contributed by atoms with Gasteiger partial charge in [-0.25, -0.2) is 0 Å². The van der Waals surface area contributed by atoms with Crippen molar-refractivity contribution in [3.63, 3.8) is 0 Å². The Morgan fingerprint density at radius 3 is 1.97 bits per heavy atom. The van der Waals surface area contributed by atoms with Crippen molar-refractivity contribution in [2.24, 2.45) is 0 Å². The SMILES string of the molecule is CC1=C(Oc2c(Cl)cc(-c3ccccc3)cc2C(C)(C)C)C(=O)c2ccccc2C1=O. The molecule has 4 heteroatoms. The third kappa shape index (κ3) is 3.82. The van der Waals surface area contributed by atoms with Crippen LogP contribution in [0.25, 0.3) is 11.1 Å². The van der Waals surface area contributed by atoms with Crippen LogP contribution in [0.3, 0.4) is 0 Å². The topological polar surface area (TPSA) is 43.4 Å². The van der Waals surface area contributed by atoms with Crippen LogP contribution in [0.4, 0.5) is 0 Å². The molecule has 0 saturated heterocycles. The molecule has 3 aromatic carbocycles. The lowest BCUT2D eigenvalue weighted by Crippen LogP contribution is -2.25. The van der Waals surface area contributed by atoms with Crippen molar-refractivity contribution in [2.75, 3.05) is 0 Å². The van der Waals surface area contributed by atoms with Crippen molar-refractivity contribution < 1.29 is 14.3 Å². The number of carbonyl (C=O) groups excluding carboxylic acids is 2. The lowest BCUT2D eigenvalue weighted by atomic mass is 9.84. The van der Waals surface area contributed by atoms with E-state index in [1.165, 1.54) is 0 Å². The van der Waals surface area contributed by atoms with Crippen molar-refractivity contribution in [3.05, 3.63) is 99.8 Å². The Kier molecular flexibility index (Phi) is 5.32. The molecule has 0 N–H and O–H groups in total. The summed E-state index contributed by atoms with van der Waals surface area (Å²) in [4.78, 5) is 26.0. The highest BCUT2D eigenvalue weighted by molar-refractivity contribution is 6.32. The van der Waals surface area contributed by atoms with E-state index < -0.39 is 0 Å². The second-order valence-corrected chi connectivity index (χ2v) is 9.12. The fourth-order valence-electron chi connectivity index (χ4n) is 3.75.